The molecule has 0 saturated heterocycles. The summed E-state index contributed by atoms with van der Waals surface area (Å²) < 4.78 is 11.0. The minimum atomic E-state index is -0.612. The zero-order valence-electron chi connectivity index (χ0n) is 18.2. The molecule has 12 nitrogen and oxygen atoms in total. The zero-order chi connectivity index (χ0) is 24.1. The minimum absolute atomic E-state index is 0.00460. The monoisotopic (exact) mass is 480 g/mol. The van der Waals surface area contributed by atoms with Crippen LogP contribution in [0.1, 0.15) is 27.3 Å². The van der Waals surface area contributed by atoms with Crippen molar-refractivity contribution >= 4 is 29.7 Å². The number of ether oxygens (including phenoxy) is 1. The first-order valence-corrected chi connectivity index (χ1v) is 10.9. The second-order valence-corrected chi connectivity index (χ2v) is 8.02. The van der Waals surface area contributed by atoms with Crippen molar-refractivity contribution in [1.82, 2.24) is 30.7 Å². The number of aryl methyl sites for hydroxylation is 1. The number of para-hydroxylation sites is 1. The fourth-order valence-corrected chi connectivity index (χ4v) is 3.81. The molecular formula is C21H20N8O4S. The Morgan fingerprint density at radius 1 is 1.29 bits per heavy atom. The van der Waals surface area contributed by atoms with Crippen LogP contribution in [0.2, 0.25) is 0 Å². The van der Waals surface area contributed by atoms with Crippen LogP contribution in [-0.2, 0) is 5.75 Å². The van der Waals surface area contributed by atoms with E-state index >= 15 is 0 Å². The fourth-order valence-electron chi connectivity index (χ4n) is 2.92. The summed E-state index contributed by atoms with van der Waals surface area (Å²) in [4.78, 5) is 13.8. The van der Waals surface area contributed by atoms with Crippen LogP contribution in [0.5, 0.6) is 11.5 Å². The summed E-state index contributed by atoms with van der Waals surface area (Å²) >= 11 is 1.48. The molecule has 0 atom stereocenters. The van der Waals surface area contributed by atoms with Gasteiger partial charge >= 0.3 is 0 Å². The van der Waals surface area contributed by atoms with Crippen LogP contribution < -0.4 is 15.9 Å². The Balaban J connectivity index is 1.58. The number of nitrogens with two attached hydrogens (primary N) is 1. The Kier molecular flexibility index (Phi) is 6.73. The van der Waals surface area contributed by atoms with Crippen LogP contribution in [0.15, 0.2) is 57.1 Å². The molecule has 0 saturated carbocycles. The Morgan fingerprint density at radius 2 is 2.09 bits per heavy atom. The molecule has 0 fully saturated rings. The number of hydrogen-bond acceptors (Lipinski definition) is 11. The summed E-state index contributed by atoms with van der Waals surface area (Å²) in [5.41, 5.74) is 10.1. The number of phenols is 1. The number of rotatable bonds is 8. The molecule has 0 aliphatic heterocycles. The number of benzene rings is 2. The van der Waals surface area contributed by atoms with E-state index in [9.17, 15) is 9.90 Å². The Labute approximate surface area is 197 Å². The third kappa shape index (κ3) is 4.83. The molecule has 2 aromatic carbocycles. The van der Waals surface area contributed by atoms with Crippen molar-refractivity contribution in [3.8, 4) is 17.3 Å². The highest BCUT2D eigenvalue weighted by atomic mass is 32.2. The first kappa shape index (κ1) is 22.8. The molecule has 0 radical (unpaired) electrons. The number of nitrogen functional groups attached to an aromatic ring is 1. The number of anilines is 1. The van der Waals surface area contributed by atoms with Crippen molar-refractivity contribution in [2.24, 2.45) is 5.10 Å². The van der Waals surface area contributed by atoms with Crippen LogP contribution in [0.25, 0.3) is 5.82 Å². The molecule has 0 bridgehead atoms. The lowest BCUT2D eigenvalue weighted by molar-refractivity contribution is 0.0949. The summed E-state index contributed by atoms with van der Waals surface area (Å²) in [5, 5.41) is 29.4. The largest absolute Gasteiger partial charge is 0.504 e. The first-order chi connectivity index (χ1) is 16.5. The maximum atomic E-state index is 12.9. The van der Waals surface area contributed by atoms with Gasteiger partial charge in [-0.2, -0.15) is 9.78 Å². The topological polar surface area (TPSA) is 167 Å². The quantitative estimate of drug-likeness (QED) is 0.193. The average Bonchev–Trinajstić information content (AvgIpc) is 3.45. The number of thioether (sulfide) groups is 1. The van der Waals surface area contributed by atoms with Crippen molar-refractivity contribution in [2.75, 3.05) is 12.8 Å². The Bertz CT molecular complexity index is 1330. The van der Waals surface area contributed by atoms with E-state index in [1.807, 2.05) is 31.2 Å². The summed E-state index contributed by atoms with van der Waals surface area (Å²) in [6, 6.07) is 12.8. The smallest absolute Gasteiger partial charge is 0.293 e. The van der Waals surface area contributed by atoms with Crippen molar-refractivity contribution < 1.29 is 19.3 Å². The van der Waals surface area contributed by atoms with E-state index in [4.69, 9.17) is 10.5 Å². The average molecular weight is 481 g/mol. The molecule has 4 N–H and O–H groups in total. The van der Waals surface area contributed by atoms with Crippen molar-refractivity contribution in [1.29, 1.82) is 0 Å². The molecule has 2 heterocycles. The number of nitrogens with zero attached hydrogens (tertiary/aromatic N) is 6. The molecule has 4 rings (SSSR count). The third-order valence-electron chi connectivity index (χ3n) is 4.69. The Morgan fingerprint density at radius 3 is 2.79 bits per heavy atom. The van der Waals surface area contributed by atoms with Crippen molar-refractivity contribution in [3.05, 3.63) is 65.0 Å². The molecule has 174 valence electrons. The lowest BCUT2D eigenvalue weighted by Crippen LogP contribution is -2.20. The number of hydrazone groups is 1. The maximum absolute atomic E-state index is 12.9. The highest BCUT2D eigenvalue weighted by Gasteiger charge is 2.24. The lowest BCUT2D eigenvalue weighted by atomic mass is 10.2. The van der Waals surface area contributed by atoms with Crippen LogP contribution >= 0.6 is 11.8 Å². The number of aromatic nitrogens is 5. The van der Waals surface area contributed by atoms with Gasteiger partial charge in [0, 0.05) is 16.2 Å². The zero-order valence-corrected chi connectivity index (χ0v) is 19.0. The number of amides is 1. The number of hydrogen-bond donors (Lipinski definition) is 3. The molecule has 4 aromatic rings. The van der Waals surface area contributed by atoms with Crippen LogP contribution in [-0.4, -0.2) is 49.6 Å². The molecule has 13 heteroatoms. The van der Waals surface area contributed by atoms with Gasteiger partial charge in [0.1, 0.15) is 0 Å². The van der Waals surface area contributed by atoms with Gasteiger partial charge in [0.05, 0.1) is 19.0 Å². The minimum Gasteiger partial charge on any atom is -0.504 e. The van der Waals surface area contributed by atoms with Gasteiger partial charge in [0.15, 0.2) is 17.2 Å². The number of carbonyl (C=O) groups excluding carboxylic acids is 1. The normalized spacial score (nSPS) is 11.1. The van der Waals surface area contributed by atoms with Gasteiger partial charge in [-0.15, -0.1) is 16.9 Å². The van der Waals surface area contributed by atoms with E-state index < -0.39 is 5.91 Å². The fraction of sp³-hybridized carbons (Fsp3) is 0.143. The summed E-state index contributed by atoms with van der Waals surface area (Å²) in [6.45, 7) is 2.00. The highest BCUT2D eigenvalue weighted by Crippen LogP contribution is 2.28. The number of nitrogens with one attached hydrogen (secondary N) is 1. The summed E-state index contributed by atoms with van der Waals surface area (Å²) in [7, 11) is 1.44. The predicted molar refractivity (Wildman–Crippen MR) is 124 cm³/mol. The van der Waals surface area contributed by atoms with E-state index in [1.165, 1.54) is 29.8 Å². The van der Waals surface area contributed by atoms with Gasteiger partial charge < -0.3 is 15.6 Å². The molecule has 2 aromatic heterocycles. The van der Waals surface area contributed by atoms with Gasteiger partial charge in [-0.25, -0.2) is 10.1 Å². The lowest BCUT2D eigenvalue weighted by Gasteiger charge is -2.06. The highest BCUT2D eigenvalue weighted by molar-refractivity contribution is 7.98. The van der Waals surface area contributed by atoms with Gasteiger partial charge in [0.25, 0.3) is 5.91 Å². The molecular weight excluding hydrogens is 460 g/mol. The maximum Gasteiger partial charge on any atom is 0.293 e. The molecule has 34 heavy (non-hydrogen) atoms. The van der Waals surface area contributed by atoms with E-state index in [-0.39, 0.29) is 28.8 Å². The van der Waals surface area contributed by atoms with Gasteiger partial charge in [-0.05, 0) is 41.5 Å². The second-order valence-electron chi connectivity index (χ2n) is 6.97. The van der Waals surface area contributed by atoms with Crippen LogP contribution in [0.4, 0.5) is 5.82 Å². The standard InChI is InChI=1S/C21H20N8O4S/c1-12-6-8-14(9-7-12)34-11-15-17(24-28-29(15)20-19(22)26-33-27-20)21(31)25-23-10-13-4-3-5-16(32-2)18(13)30/h3-10,30H,11H2,1-2H3,(H2,22,26)(H,25,31). The second kappa shape index (κ2) is 10.0. The predicted octanol–water partition coefficient (Wildman–Crippen LogP) is 2.31. The van der Waals surface area contributed by atoms with Crippen LogP contribution in [0.3, 0.4) is 0 Å². The third-order valence-corrected chi connectivity index (χ3v) is 5.71. The van der Waals surface area contributed by atoms with E-state index in [0.717, 1.165) is 10.5 Å². The Hall–Kier alpha value is -4.39. The van der Waals surface area contributed by atoms with Gasteiger partial charge in [-0.3, -0.25) is 4.79 Å². The van der Waals surface area contributed by atoms with Crippen molar-refractivity contribution in [2.45, 2.75) is 17.6 Å². The van der Waals surface area contributed by atoms with E-state index in [0.29, 0.717) is 17.0 Å². The number of aromatic hydroxyl groups is 1. The SMILES string of the molecule is COc1cccc(C=NNC(=O)c2nnn(-c3nonc3N)c2CSc2ccc(C)cc2)c1O. The van der Waals surface area contributed by atoms with E-state index in [1.54, 1.807) is 18.2 Å². The number of phenolic OH excluding ortho intramolecular Hbond substituents is 1. The molecule has 0 aliphatic carbocycles. The van der Waals surface area contributed by atoms with Gasteiger partial charge in [0.2, 0.25) is 11.6 Å². The van der Waals surface area contributed by atoms with E-state index in [2.05, 4.69) is 35.8 Å². The molecule has 1 amide bonds. The van der Waals surface area contributed by atoms with Crippen molar-refractivity contribution in [3.63, 3.8) is 0 Å². The molecule has 0 spiro atoms. The van der Waals surface area contributed by atoms with Gasteiger partial charge in [-0.1, -0.05) is 29.0 Å². The molecule has 0 unspecified atom stereocenters. The molecule has 0 aliphatic rings. The summed E-state index contributed by atoms with van der Waals surface area (Å²) in [6.07, 6.45) is 1.29. The van der Waals surface area contributed by atoms with Crippen LogP contribution in [0, 0.1) is 6.92 Å². The number of carbonyl (C=O) groups is 1. The first-order valence-electron chi connectivity index (χ1n) is 9.89. The number of methoxy groups -OCH3 is 1. The summed E-state index contributed by atoms with van der Waals surface area (Å²) in [5.74, 6) is 0.0247.